The summed E-state index contributed by atoms with van der Waals surface area (Å²) in [6.07, 6.45) is 0.733. The van der Waals surface area contributed by atoms with E-state index in [-0.39, 0.29) is 29.1 Å². The summed E-state index contributed by atoms with van der Waals surface area (Å²) in [4.78, 5) is 28.6. The molecule has 0 bridgehead atoms. The van der Waals surface area contributed by atoms with Crippen LogP contribution in [0.4, 0.5) is 5.69 Å². The number of hydrogen-bond acceptors (Lipinski definition) is 5. The van der Waals surface area contributed by atoms with E-state index in [1.807, 2.05) is 38.1 Å². The molecule has 0 fully saturated rings. The van der Waals surface area contributed by atoms with Crippen LogP contribution in [0, 0.1) is 0 Å². The molecule has 0 aliphatic rings. The molecule has 3 aromatic carbocycles. The Bertz CT molecular complexity index is 1380. The zero-order chi connectivity index (χ0) is 29.3. The molecule has 214 valence electrons. The highest BCUT2D eigenvalue weighted by Gasteiger charge is 2.34. The maximum atomic E-state index is 14.0. The Hall–Kier alpha value is -3.37. The number of amides is 2. The van der Waals surface area contributed by atoms with Gasteiger partial charge in [-0.1, -0.05) is 65.3 Å². The quantitative estimate of drug-likeness (QED) is 0.274. The number of ether oxygens (including phenoxy) is 1. The van der Waals surface area contributed by atoms with Crippen molar-refractivity contribution in [2.45, 2.75) is 57.6 Å². The van der Waals surface area contributed by atoms with Gasteiger partial charge < -0.3 is 15.0 Å². The van der Waals surface area contributed by atoms with Gasteiger partial charge in [0, 0.05) is 17.1 Å². The van der Waals surface area contributed by atoms with Crippen LogP contribution in [0.1, 0.15) is 39.7 Å². The van der Waals surface area contributed by atoms with E-state index >= 15 is 0 Å². The number of hydrogen-bond donors (Lipinski definition) is 1. The Morgan fingerprint density at radius 2 is 1.55 bits per heavy atom. The van der Waals surface area contributed by atoms with E-state index in [0.717, 1.165) is 20.8 Å². The molecule has 0 aliphatic carbocycles. The third-order valence-electron chi connectivity index (χ3n) is 6.48. The number of carbonyl (C=O) groups is 2. The molecule has 0 aromatic heterocycles. The van der Waals surface area contributed by atoms with Crippen molar-refractivity contribution in [1.82, 2.24) is 10.2 Å². The van der Waals surface area contributed by atoms with E-state index in [2.05, 4.69) is 21.2 Å². The zero-order valence-corrected chi connectivity index (χ0v) is 25.6. The standard InChI is InChI=1S/C30H36BrN3O5S/c1-5-22(3)32-30(36)23(4)33(20-24-16-18-25(31)19-17-24)29(35)21-34(27-14-10-11-15-28(27)39-6-2)40(37,38)26-12-8-7-9-13-26/h7-19,22-23H,5-6,20-21H2,1-4H3,(H,32,36). The fourth-order valence-corrected chi connectivity index (χ4v) is 5.72. The number of para-hydroxylation sites is 2. The van der Waals surface area contributed by atoms with E-state index in [1.165, 1.54) is 17.0 Å². The SMILES string of the molecule is CCOc1ccccc1N(CC(=O)N(Cc1ccc(Br)cc1)C(C)C(=O)NC(C)CC)S(=O)(=O)c1ccccc1. The highest BCUT2D eigenvalue weighted by Crippen LogP contribution is 2.33. The molecule has 2 unspecified atom stereocenters. The maximum absolute atomic E-state index is 14.0. The average Bonchev–Trinajstić information content (AvgIpc) is 2.96. The molecular weight excluding hydrogens is 594 g/mol. The van der Waals surface area contributed by atoms with Crippen LogP contribution in [-0.4, -0.2) is 50.4 Å². The summed E-state index contributed by atoms with van der Waals surface area (Å²) < 4.78 is 35.6. The minimum Gasteiger partial charge on any atom is -0.492 e. The van der Waals surface area contributed by atoms with Crippen molar-refractivity contribution in [2.24, 2.45) is 0 Å². The molecule has 1 N–H and O–H groups in total. The van der Waals surface area contributed by atoms with E-state index in [4.69, 9.17) is 4.74 Å². The maximum Gasteiger partial charge on any atom is 0.264 e. The first kappa shape index (κ1) is 31.2. The van der Waals surface area contributed by atoms with Crippen LogP contribution in [0.5, 0.6) is 5.75 Å². The summed E-state index contributed by atoms with van der Waals surface area (Å²) in [5.74, 6) is -0.508. The number of sulfonamides is 1. The van der Waals surface area contributed by atoms with Crippen LogP contribution < -0.4 is 14.4 Å². The molecule has 2 atom stereocenters. The first-order valence-electron chi connectivity index (χ1n) is 13.2. The third-order valence-corrected chi connectivity index (χ3v) is 8.78. The molecule has 3 aromatic rings. The summed E-state index contributed by atoms with van der Waals surface area (Å²) in [5, 5.41) is 2.93. The molecule has 2 amide bonds. The van der Waals surface area contributed by atoms with Crippen molar-refractivity contribution in [2.75, 3.05) is 17.5 Å². The van der Waals surface area contributed by atoms with Gasteiger partial charge in [0.1, 0.15) is 18.3 Å². The number of anilines is 1. The second kappa shape index (κ2) is 14.3. The van der Waals surface area contributed by atoms with Gasteiger partial charge in [-0.3, -0.25) is 13.9 Å². The highest BCUT2D eigenvalue weighted by molar-refractivity contribution is 9.10. The van der Waals surface area contributed by atoms with Gasteiger partial charge >= 0.3 is 0 Å². The molecule has 10 heteroatoms. The largest absolute Gasteiger partial charge is 0.492 e. The van der Waals surface area contributed by atoms with Gasteiger partial charge in [-0.05, 0) is 69.2 Å². The lowest BCUT2D eigenvalue weighted by atomic mass is 10.1. The molecule has 0 radical (unpaired) electrons. The molecule has 0 spiro atoms. The highest BCUT2D eigenvalue weighted by atomic mass is 79.9. The fourth-order valence-electron chi connectivity index (χ4n) is 4.01. The smallest absolute Gasteiger partial charge is 0.264 e. The summed E-state index contributed by atoms with van der Waals surface area (Å²) in [6.45, 7) is 7.21. The first-order valence-corrected chi connectivity index (χ1v) is 15.5. The lowest BCUT2D eigenvalue weighted by Gasteiger charge is -2.33. The number of carbonyl (C=O) groups excluding carboxylic acids is 2. The van der Waals surface area contributed by atoms with Crippen molar-refractivity contribution < 1.29 is 22.7 Å². The zero-order valence-electron chi connectivity index (χ0n) is 23.2. The van der Waals surface area contributed by atoms with E-state index in [1.54, 1.807) is 56.3 Å². The Morgan fingerprint density at radius 3 is 2.17 bits per heavy atom. The van der Waals surface area contributed by atoms with Gasteiger partial charge in [-0.15, -0.1) is 0 Å². The fraction of sp³-hybridized carbons (Fsp3) is 0.333. The van der Waals surface area contributed by atoms with Gasteiger partial charge in [0.2, 0.25) is 11.8 Å². The topological polar surface area (TPSA) is 96.0 Å². The minimum absolute atomic E-state index is 0.0381. The van der Waals surface area contributed by atoms with Gasteiger partial charge in [0.15, 0.2) is 0 Å². The van der Waals surface area contributed by atoms with Crippen molar-refractivity contribution in [1.29, 1.82) is 0 Å². The lowest BCUT2D eigenvalue weighted by Crippen LogP contribution is -2.52. The van der Waals surface area contributed by atoms with E-state index in [9.17, 15) is 18.0 Å². The van der Waals surface area contributed by atoms with Gasteiger partial charge in [-0.2, -0.15) is 0 Å². The average molecular weight is 631 g/mol. The van der Waals surface area contributed by atoms with Crippen LogP contribution >= 0.6 is 15.9 Å². The summed E-state index contributed by atoms with van der Waals surface area (Å²) in [5.41, 5.74) is 1.04. The lowest BCUT2D eigenvalue weighted by molar-refractivity contribution is -0.139. The molecule has 3 rings (SSSR count). The molecular formula is C30H36BrN3O5S. The Morgan fingerprint density at radius 1 is 0.925 bits per heavy atom. The van der Waals surface area contributed by atoms with E-state index < -0.39 is 28.5 Å². The number of rotatable bonds is 13. The van der Waals surface area contributed by atoms with Gasteiger partial charge in [-0.25, -0.2) is 8.42 Å². The predicted molar refractivity (Wildman–Crippen MR) is 161 cm³/mol. The molecule has 0 saturated carbocycles. The molecule has 0 heterocycles. The predicted octanol–water partition coefficient (Wildman–Crippen LogP) is 5.38. The Kier molecular flexibility index (Phi) is 11.2. The second-order valence-corrected chi connectivity index (χ2v) is 12.1. The Balaban J connectivity index is 2.06. The van der Waals surface area contributed by atoms with Crippen LogP contribution in [0.2, 0.25) is 0 Å². The summed E-state index contributed by atoms with van der Waals surface area (Å²) >= 11 is 3.42. The summed E-state index contributed by atoms with van der Waals surface area (Å²) in [7, 11) is -4.17. The number of halogens is 1. The number of benzene rings is 3. The van der Waals surface area contributed by atoms with Crippen LogP contribution in [0.15, 0.2) is 88.2 Å². The van der Waals surface area contributed by atoms with Crippen LogP contribution in [0.3, 0.4) is 0 Å². The number of nitrogens with zero attached hydrogens (tertiary/aromatic N) is 2. The van der Waals surface area contributed by atoms with Crippen LogP contribution in [-0.2, 0) is 26.2 Å². The molecule has 0 saturated heterocycles. The molecule has 40 heavy (non-hydrogen) atoms. The van der Waals surface area contributed by atoms with Crippen molar-refractivity contribution in [3.05, 3.63) is 88.9 Å². The normalized spacial score (nSPS) is 12.7. The monoisotopic (exact) mass is 629 g/mol. The van der Waals surface area contributed by atoms with Gasteiger partial charge in [0.25, 0.3) is 10.0 Å². The second-order valence-electron chi connectivity index (χ2n) is 9.37. The third kappa shape index (κ3) is 7.85. The first-order chi connectivity index (χ1) is 19.1. The minimum atomic E-state index is -4.17. The van der Waals surface area contributed by atoms with Gasteiger partial charge in [0.05, 0.1) is 17.2 Å². The number of nitrogens with one attached hydrogen (secondary N) is 1. The molecule has 0 aliphatic heterocycles. The molecule has 8 nitrogen and oxygen atoms in total. The Labute approximate surface area is 245 Å². The van der Waals surface area contributed by atoms with Crippen LogP contribution in [0.25, 0.3) is 0 Å². The van der Waals surface area contributed by atoms with E-state index in [0.29, 0.717) is 12.4 Å². The summed E-state index contributed by atoms with van der Waals surface area (Å²) in [6, 6.07) is 21.1. The van der Waals surface area contributed by atoms with Crippen molar-refractivity contribution in [3.8, 4) is 5.75 Å². The van der Waals surface area contributed by atoms with Crippen molar-refractivity contribution >= 4 is 43.5 Å². The van der Waals surface area contributed by atoms with Crippen molar-refractivity contribution in [3.63, 3.8) is 0 Å².